The topological polar surface area (TPSA) is 61.4 Å². The van der Waals surface area contributed by atoms with Crippen LogP contribution in [0.5, 0.6) is 0 Å². The first kappa shape index (κ1) is 13.3. The first-order valence-corrected chi connectivity index (χ1v) is 7.02. The predicted octanol–water partition coefficient (Wildman–Crippen LogP) is 0.256. The van der Waals surface area contributed by atoms with Gasteiger partial charge in [0.2, 0.25) is 11.8 Å². The average Bonchev–Trinajstić information content (AvgIpc) is 2.83. The highest BCUT2D eigenvalue weighted by Crippen LogP contribution is 2.13. The summed E-state index contributed by atoms with van der Waals surface area (Å²) in [4.78, 5) is 25.3. The first-order valence-electron chi connectivity index (χ1n) is 7.02. The lowest BCUT2D eigenvalue weighted by Gasteiger charge is -2.31. The van der Waals surface area contributed by atoms with Crippen LogP contribution in [-0.4, -0.2) is 48.4 Å². The van der Waals surface area contributed by atoms with Crippen LogP contribution in [0.4, 0.5) is 0 Å². The fourth-order valence-electron chi connectivity index (χ4n) is 2.74. The lowest BCUT2D eigenvalue weighted by atomic mass is 10.0. The fourth-order valence-corrected chi connectivity index (χ4v) is 2.74. The molecule has 0 aromatic carbocycles. The van der Waals surface area contributed by atoms with E-state index >= 15 is 0 Å². The van der Waals surface area contributed by atoms with Gasteiger partial charge in [-0.25, -0.2) is 0 Å². The molecule has 0 aromatic heterocycles. The van der Waals surface area contributed by atoms with Gasteiger partial charge in [0.1, 0.15) is 6.04 Å². The maximum Gasteiger partial charge on any atom is 0.245 e. The van der Waals surface area contributed by atoms with Crippen molar-refractivity contribution in [3.8, 4) is 0 Å². The minimum Gasteiger partial charge on any atom is -0.344 e. The quantitative estimate of drug-likeness (QED) is 0.755. The third-order valence-corrected chi connectivity index (χ3v) is 3.84. The van der Waals surface area contributed by atoms with Crippen molar-refractivity contribution in [1.29, 1.82) is 0 Å². The molecule has 2 amide bonds. The van der Waals surface area contributed by atoms with Crippen LogP contribution in [0.15, 0.2) is 0 Å². The maximum absolute atomic E-state index is 12.3. The Morgan fingerprint density at radius 1 is 1.39 bits per heavy atom. The largest absolute Gasteiger partial charge is 0.344 e. The van der Waals surface area contributed by atoms with E-state index in [2.05, 4.69) is 10.6 Å². The van der Waals surface area contributed by atoms with Crippen LogP contribution in [0.2, 0.25) is 0 Å². The van der Waals surface area contributed by atoms with Crippen molar-refractivity contribution in [3.63, 3.8) is 0 Å². The number of amides is 2. The lowest BCUT2D eigenvalue weighted by Crippen LogP contribution is -2.50. The zero-order valence-corrected chi connectivity index (χ0v) is 11.1. The van der Waals surface area contributed by atoms with Gasteiger partial charge in [-0.3, -0.25) is 9.59 Å². The first-order chi connectivity index (χ1) is 8.70. The lowest BCUT2D eigenvalue weighted by molar-refractivity contribution is -0.134. The standard InChI is InChI=1S/C13H23N3O2/c1-2-16(9-10-5-3-4-8-14-10)13(18)11-6-7-12(17)15-11/h10-11,14H,2-9H2,1H3,(H,15,17)/t10?,11-/m1/s1. The molecule has 102 valence electrons. The van der Waals surface area contributed by atoms with Gasteiger partial charge in [0.15, 0.2) is 0 Å². The molecular weight excluding hydrogens is 230 g/mol. The molecule has 0 saturated carbocycles. The van der Waals surface area contributed by atoms with Gasteiger partial charge in [0.05, 0.1) is 0 Å². The second kappa shape index (κ2) is 6.18. The van der Waals surface area contributed by atoms with Crippen molar-refractivity contribution in [2.75, 3.05) is 19.6 Å². The molecule has 18 heavy (non-hydrogen) atoms. The van der Waals surface area contributed by atoms with Crippen molar-refractivity contribution >= 4 is 11.8 Å². The fraction of sp³-hybridized carbons (Fsp3) is 0.846. The Hall–Kier alpha value is -1.10. The summed E-state index contributed by atoms with van der Waals surface area (Å²) < 4.78 is 0. The highest BCUT2D eigenvalue weighted by atomic mass is 16.2. The van der Waals surface area contributed by atoms with E-state index in [-0.39, 0.29) is 17.9 Å². The Morgan fingerprint density at radius 3 is 2.78 bits per heavy atom. The second-order valence-corrected chi connectivity index (χ2v) is 5.18. The van der Waals surface area contributed by atoms with Crippen molar-refractivity contribution < 1.29 is 9.59 Å². The van der Waals surface area contributed by atoms with Gasteiger partial charge < -0.3 is 15.5 Å². The molecule has 0 bridgehead atoms. The van der Waals surface area contributed by atoms with Crippen molar-refractivity contribution in [1.82, 2.24) is 15.5 Å². The molecule has 5 heteroatoms. The molecule has 0 aromatic rings. The Morgan fingerprint density at radius 2 is 2.22 bits per heavy atom. The highest BCUT2D eigenvalue weighted by molar-refractivity contribution is 5.90. The van der Waals surface area contributed by atoms with Crippen LogP contribution < -0.4 is 10.6 Å². The summed E-state index contributed by atoms with van der Waals surface area (Å²) >= 11 is 0. The van der Waals surface area contributed by atoms with Crippen LogP contribution in [0.1, 0.15) is 39.0 Å². The number of nitrogens with zero attached hydrogens (tertiary/aromatic N) is 1. The molecule has 2 rings (SSSR count). The molecule has 0 aliphatic carbocycles. The van der Waals surface area contributed by atoms with Gasteiger partial charge >= 0.3 is 0 Å². The van der Waals surface area contributed by atoms with E-state index in [1.54, 1.807) is 0 Å². The molecule has 2 aliphatic rings. The maximum atomic E-state index is 12.3. The summed E-state index contributed by atoms with van der Waals surface area (Å²) in [7, 11) is 0. The number of rotatable bonds is 4. The van der Waals surface area contributed by atoms with Gasteiger partial charge in [0, 0.05) is 25.6 Å². The van der Waals surface area contributed by atoms with Crippen molar-refractivity contribution in [2.45, 2.75) is 51.1 Å². The van der Waals surface area contributed by atoms with E-state index in [1.807, 2.05) is 11.8 Å². The van der Waals surface area contributed by atoms with E-state index in [0.29, 0.717) is 25.4 Å². The number of piperidine rings is 1. The zero-order valence-electron chi connectivity index (χ0n) is 11.1. The van der Waals surface area contributed by atoms with Crippen LogP contribution in [0, 0.1) is 0 Å². The molecule has 2 heterocycles. The van der Waals surface area contributed by atoms with E-state index in [4.69, 9.17) is 0 Å². The minimum atomic E-state index is -0.291. The van der Waals surface area contributed by atoms with E-state index in [0.717, 1.165) is 19.5 Å². The van der Waals surface area contributed by atoms with E-state index < -0.39 is 0 Å². The molecule has 1 unspecified atom stereocenters. The number of likely N-dealkylation sites (N-methyl/N-ethyl adjacent to an activating group) is 1. The highest BCUT2D eigenvalue weighted by Gasteiger charge is 2.31. The number of nitrogens with one attached hydrogen (secondary N) is 2. The Bertz CT molecular complexity index is 313. The molecule has 5 nitrogen and oxygen atoms in total. The number of carbonyl (C=O) groups is 2. The monoisotopic (exact) mass is 253 g/mol. The number of carbonyl (C=O) groups excluding carboxylic acids is 2. The minimum absolute atomic E-state index is 0.000180. The van der Waals surface area contributed by atoms with Gasteiger partial charge in [0.25, 0.3) is 0 Å². The summed E-state index contributed by atoms with van der Waals surface area (Å²) in [6.07, 6.45) is 4.74. The molecular formula is C13H23N3O2. The normalized spacial score (nSPS) is 27.9. The molecule has 2 fully saturated rings. The molecule has 2 aliphatic heterocycles. The SMILES string of the molecule is CCN(CC1CCCCN1)C(=O)[C@H]1CCC(=O)N1. The predicted molar refractivity (Wildman–Crippen MR) is 69.1 cm³/mol. The molecule has 2 saturated heterocycles. The van der Waals surface area contributed by atoms with Crippen molar-refractivity contribution in [2.24, 2.45) is 0 Å². The number of hydrogen-bond acceptors (Lipinski definition) is 3. The molecule has 0 radical (unpaired) electrons. The second-order valence-electron chi connectivity index (χ2n) is 5.18. The van der Waals surface area contributed by atoms with Crippen LogP contribution in [0.25, 0.3) is 0 Å². The summed E-state index contributed by atoms with van der Waals surface area (Å²) in [5.41, 5.74) is 0. The Balaban J connectivity index is 1.86. The number of hydrogen-bond donors (Lipinski definition) is 2. The third kappa shape index (κ3) is 3.22. The smallest absolute Gasteiger partial charge is 0.245 e. The van der Waals surface area contributed by atoms with Gasteiger partial charge in [-0.1, -0.05) is 6.42 Å². The van der Waals surface area contributed by atoms with Crippen LogP contribution in [0.3, 0.4) is 0 Å². The van der Waals surface area contributed by atoms with Gasteiger partial charge in [-0.15, -0.1) is 0 Å². The average molecular weight is 253 g/mol. The van der Waals surface area contributed by atoms with Crippen molar-refractivity contribution in [3.05, 3.63) is 0 Å². The van der Waals surface area contributed by atoms with Crippen LogP contribution >= 0.6 is 0 Å². The Kier molecular flexibility index (Phi) is 4.58. The third-order valence-electron chi connectivity index (χ3n) is 3.84. The molecule has 2 N–H and O–H groups in total. The summed E-state index contributed by atoms with van der Waals surface area (Å²) in [5.74, 6) is 0.0796. The Labute approximate surface area is 108 Å². The summed E-state index contributed by atoms with van der Waals surface area (Å²) in [5, 5.41) is 6.21. The molecule has 0 spiro atoms. The zero-order chi connectivity index (χ0) is 13.0. The van der Waals surface area contributed by atoms with Gasteiger partial charge in [-0.2, -0.15) is 0 Å². The molecule has 2 atom stereocenters. The van der Waals surface area contributed by atoms with Gasteiger partial charge in [-0.05, 0) is 32.7 Å². The summed E-state index contributed by atoms with van der Waals surface area (Å²) in [6, 6.07) is 0.126. The van der Waals surface area contributed by atoms with E-state index in [1.165, 1.54) is 12.8 Å². The van der Waals surface area contributed by atoms with E-state index in [9.17, 15) is 9.59 Å². The summed E-state index contributed by atoms with van der Waals surface area (Å²) in [6.45, 7) is 4.53. The van der Waals surface area contributed by atoms with Crippen LogP contribution in [-0.2, 0) is 9.59 Å².